The number of esters is 1. The molecular formula is C31H41F3O4S. The molecule has 1 N–H and O–H groups in total. The molecule has 0 heterocycles. The Labute approximate surface area is 234 Å². The molecule has 2 aromatic carbocycles. The number of carbonyl (C=O) groups is 2. The highest BCUT2D eigenvalue weighted by molar-refractivity contribution is 7.99. The van der Waals surface area contributed by atoms with Gasteiger partial charge in [0.25, 0.3) is 0 Å². The molecule has 8 heteroatoms. The first-order valence-electron chi connectivity index (χ1n) is 13.6. The average molecular weight is 567 g/mol. The van der Waals surface area contributed by atoms with Crippen molar-refractivity contribution >= 4 is 23.7 Å². The van der Waals surface area contributed by atoms with Crippen LogP contribution in [0.1, 0.15) is 99.6 Å². The van der Waals surface area contributed by atoms with Crippen LogP contribution in [0.25, 0.3) is 0 Å². The van der Waals surface area contributed by atoms with Crippen LogP contribution in [0, 0.1) is 0 Å². The normalized spacial score (nSPS) is 12.8. The number of benzene rings is 2. The summed E-state index contributed by atoms with van der Waals surface area (Å²) in [5.41, 5.74) is 1.05. The number of alkyl halides is 3. The average Bonchev–Trinajstić information content (AvgIpc) is 2.84. The quantitative estimate of drug-likeness (QED) is 0.162. The Kier molecular flexibility index (Phi) is 13.4. The summed E-state index contributed by atoms with van der Waals surface area (Å²) in [6.45, 7) is 5.19. The fraction of sp³-hybridized carbons (Fsp3) is 0.548. The van der Waals surface area contributed by atoms with E-state index in [1.54, 1.807) is 20.8 Å². The van der Waals surface area contributed by atoms with E-state index in [2.05, 4.69) is 12.1 Å². The number of hydrogen-bond donors (Lipinski definition) is 1. The highest BCUT2D eigenvalue weighted by Crippen LogP contribution is 2.39. The largest absolute Gasteiger partial charge is 0.481 e. The molecular weight excluding hydrogens is 525 g/mol. The van der Waals surface area contributed by atoms with Gasteiger partial charge in [-0.25, -0.2) is 0 Å². The zero-order valence-electron chi connectivity index (χ0n) is 23.2. The predicted molar refractivity (Wildman–Crippen MR) is 151 cm³/mol. The van der Waals surface area contributed by atoms with Crippen molar-refractivity contribution in [2.45, 2.75) is 102 Å². The van der Waals surface area contributed by atoms with E-state index >= 15 is 0 Å². The molecule has 0 saturated carbocycles. The Morgan fingerprint density at radius 3 is 2.10 bits per heavy atom. The molecule has 0 aliphatic heterocycles. The molecule has 0 radical (unpaired) electrons. The van der Waals surface area contributed by atoms with Gasteiger partial charge in [-0.05, 0) is 75.3 Å². The van der Waals surface area contributed by atoms with E-state index in [1.807, 2.05) is 18.2 Å². The number of unbranched alkanes of at least 4 members (excludes halogenated alkanes) is 5. The second-order valence-electron chi connectivity index (χ2n) is 10.8. The molecule has 0 aliphatic rings. The van der Waals surface area contributed by atoms with Crippen molar-refractivity contribution in [1.82, 2.24) is 0 Å². The van der Waals surface area contributed by atoms with E-state index in [9.17, 15) is 22.8 Å². The number of aryl methyl sites for hydroxylation is 2. The maximum atomic E-state index is 13.6. The summed E-state index contributed by atoms with van der Waals surface area (Å²) >= 11 is 1.19. The van der Waals surface area contributed by atoms with Gasteiger partial charge in [-0.15, -0.1) is 0 Å². The van der Waals surface area contributed by atoms with Gasteiger partial charge in [0.2, 0.25) is 0 Å². The lowest BCUT2D eigenvalue weighted by molar-refractivity contribution is -0.154. The summed E-state index contributed by atoms with van der Waals surface area (Å²) in [5, 5.41) is 8.43. The van der Waals surface area contributed by atoms with Gasteiger partial charge in [0.1, 0.15) is 5.60 Å². The van der Waals surface area contributed by atoms with Gasteiger partial charge in [0.15, 0.2) is 0 Å². The topological polar surface area (TPSA) is 63.6 Å². The summed E-state index contributed by atoms with van der Waals surface area (Å²) in [4.78, 5) is 23.7. The standard InChI is InChI=1S/C31H41F3O4S/c1-30(2,3)38-29(37)22-27(39-20-19-28(35)36)26-21-25(31(32,33)34)18-17-24(26)16-12-7-5-4-6-9-13-23-14-10-8-11-15-23/h8,10-11,14-15,17-18,21,27H,4-7,9,12-13,16,19-20,22H2,1-3H3,(H,35,36). The molecule has 39 heavy (non-hydrogen) atoms. The zero-order chi connectivity index (χ0) is 28.9. The summed E-state index contributed by atoms with van der Waals surface area (Å²) in [6.07, 6.45) is 3.10. The van der Waals surface area contributed by atoms with E-state index in [0.717, 1.165) is 62.6 Å². The first-order valence-corrected chi connectivity index (χ1v) is 14.7. The van der Waals surface area contributed by atoms with E-state index in [4.69, 9.17) is 9.84 Å². The predicted octanol–water partition coefficient (Wildman–Crippen LogP) is 8.81. The van der Waals surface area contributed by atoms with Crippen LogP contribution >= 0.6 is 11.8 Å². The van der Waals surface area contributed by atoms with Gasteiger partial charge >= 0.3 is 18.1 Å². The number of ether oxygens (including phenoxy) is 1. The van der Waals surface area contributed by atoms with Gasteiger partial charge < -0.3 is 9.84 Å². The number of carbonyl (C=O) groups excluding carboxylic acids is 1. The smallest absolute Gasteiger partial charge is 0.416 e. The number of rotatable bonds is 16. The molecule has 0 aromatic heterocycles. The summed E-state index contributed by atoms with van der Waals surface area (Å²) < 4.78 is 46.2. The number of halogens is 3. The highest BCUT2D eigenvalue weighted by Gasteiger charge is 2.32. The minimum Gasteiger partial charge on any atom is -0.481 e. The number of carboxylic acids is 1. The molecule has 0 spiro atoms. The first-order chi connectivity index (χ1) is 18.3. The van der Waals surface area contributed by atoms with Crippen molar-refractivity contribution in [3.8, 4) is 0 Å². The van der Waals surface area contributed by atoms with Crippen molar-refractivity contribution in [1.29, 1.82) is 0 Å². The van der Waals surface area contributed by atoms with Gasteiger partial charge in [0.05, 0.1) is 18.4 Å². The molecule has 216 valence electrons. The van der Waals surface area contributed by atoms with E-state index < -0.39 is 34.5 Å². The van der Waals surface area contributed by atoms with Crippen LogP contribution in [-0.4, -0.2) is 28.4 Å². The molecule has 0 bridgehead atoms. The van der Waals surface area contributed by atoms with Crippen LogP contribution < -0.4 is 0 Å². The van der Waals surface area contributed by atoms with Crippen molar-refractivity contribution in [3.63, 3.8) is 0 Å². The molecule has 2 aromatic rings. The van der Waals surface area contributed by atoms with E-state index in [-0.39, 0.29) is 18.6 Å². The van der Waals surface area contributed by atoms with Gasteiger partial charge in [0, 0.05) is 11.0 Å². The molecule has 2 rings (SSSR count). The number of hydrogen-bond acceptors (Lipinski definition) is 4. The second-order valence-corrected chi connectivity index (χ2v) is 12.1. The monoisotopic (exact) mass is 566 g/mol. The fourth-order valence-electron chi connectivity index (χ4n) is 4.38. The minimum absolute atomic E-state index is 0.128. The number of aliphatic carboxylic acids is 1. The Hall–Kier alpha value is -2.48. The lowest BCUT2D eigenvalue weighted by Gasteiger charge is -2.24. The fourth-order valence-corrected chi connectivity index (χ4v) is 5.61. The summed E-state index contributed by atoms with van der Waals surface area (Å²) in [5.74, 6) is -1.33. The van der Waals surface area contributed by atoms with Crippen molar-refractivity contribution in [3.05, 3.63) is 70.8 Å². The van der Waals surface area contributed by atoms with Crippen LogP contribution in [0.5, 0.6) is 0 Å². The molecule has 4 nitrogen and oxygen atoms in total. The third-order valence-electron chi connectivity index (χ3n) is 6.23. The van der Waals surface area contributed by atoms with Crippen LogP contribution in [0.4, 0.5) is 13.2 Å². The van der Waals surface area contributed by atoms with Gasteiger partial charge in [-0.2, -0.15) is 24.9 Å². The van der Waals surface area contributed by atoms with E-state index in [0.29, 0.717) is 12.0 Å². The lowest BCUT2D eigenvalue weighted by Crippen LogP contribution is -2.25. The molecule has 1 atom stereocenters. The summed E-state index contributed by atoms with van der Waals surface area (Å²) in [6, 6.07) is 14.1. The van der Waals surface area contributed by atoms with E-state index in [1.165, 1.54) is 23.4 Å². The minimum atomic E-state index is -4.52. The van der Waals surface area contributed by atoms with Crippen LogP contribution in [0.2, 0.25) is 0 Å². The maximum absolute atomic E-state index is 13.6. The van der Waals surface area contributed by atoms with Gasteiger partial charge in [-0.3, -0.25) is 9.59 Å². The maximum Gasteiger partial charge on any atom is 0.416 e. The second kappa shape index (κ2) is 15.9. The molecule has 0 amide bonds. The van der Waals surface area contributed by atoms with Crippen LogP contribution in [0.3, 0.4) is 0 Å². The molecule has 1 unspecified atom stereocenters. The summed E-state index contributed by atoms with van der Waals surface area (Å²) in [7, 11) is 0. The van der Waals surface area contributed by atoms with Crippen molar-refractivity contribution in [2.24, 2.45) is 0 Å². The van der Waals surface area contributed by atoms with Crippen LogP contribution in [0.15, 0.2) is 48.5 Å². The SMILES string of the molecule is CC(C)(C)OC(=O)CC(SCCC(=O)O)c1cc(C(F)(F)F)ccc1CCCCCCCCc1ccccc1. The number of carboxylic acid groups (broad SMARTS) is 1. The Morgan fingerprint density at radius 2 is 1.51 bits per heavy atom. The third-order valence-corrected chi connectivity index (χ3v) is 7.49. The molecule has 0 aliphatic carbocycles. The van der Waals surface area contributed by atoms with Crippen molar-refractivity contribution < 1.29 is 32.6 Å². The van der Waals surface area contributed by atoms with Crippen molar-refractivity contribution in [2.75, 3.05) is 5.75 Å². The Morgan fingerprint density at radius 1 is 0.897 bits per heavy atom. The number of thioether (sulfide) groups is 1. The molecule has 0 saturated heterocycles. The third kappa shape index (κ3) is 13.4. The lowest BCUT2D eigenvalue weighted by atomic mass is 9.95. The first kappa shape index (κ1) is 32.7. The van der Waals surface area contributed by atoms with Crippen LogP contribution in [-0.2, 0) is 33.3 Å². The Bertz CT molecular complexity index is 1030. The zero-order valence-corrected chi connectivity index (χ0v) is 24.0. The Balaban J connectivity index is 2.05. The van der Waals surface area contributed by atoms with Gasteiger partial charge in [-0.1, -0.05) is 62.1 Å². The molecule has 0 fully saturated rings. The highest BCUT2D eigenvalue weighted by atomic mass is 32.2.